The summed E-state index contributed by atoms with van der Waals surface area (Å²) in [6.07, 6.45) is -4.63. The van der Waals surface area contributed by atoms with Gasteiger partial charge in [0.25, 0.3) is 0 Å². The van der Waals surface area contributed by atoms with E-state index in [2.05, 4.69) is 10.6 Å². The van der Waals surface area contributed by atoms with Crippen molar-refractivity contribution in [2.45, 2.75) is 69.8 Å². The molecule has 7 nitrogen and oxygen atoms in total. The van der Waals surface area contributed by atoms with Crippen molar-refractivity contribution in [2.24, 2.45) is 11.8 Å². The molecule has 3 N–H and O–H groups in total. The number of benzene rings is 1. The summed E-state index contributed by atoms with van der Waals surface area (Å²) in [7, 11) is 0. The molecule has 0 bridgehead atoms. The molecule has 10 heteroatoms. The van der Waals surface area contributed by atoms with Gasteiger partial charge in [-0.1, -0.05) is 32.0 Å². The Balaban J connectivity index is 1.38. The van der Waals surface area contributed by atoms with Crippen LogP contribution in [0, 0.1) is 17.2 Å². The molecule has 1 saturated carbocycles. The SMILES string of the molecule is CCC1(CC)CC(=O)N(C[C@@H]2C[C@H]2C(=O)N[C@@H]2C[C@@H](C(F)(F)F)Oc3ccccc32)C(=N)N1. The smallest absolute Gasteiger partial charge is 0.425 e. The fourth-order valence-corrected chi connectivity index (χ4v) is 4.78. The van der Waals surface area contributed by atoms with E-state index >= 15 is 0 Å². The van der Waals surface area contributed by atoms with Gasteiger partial charge in [-0.2, -0.15) is 13.2 Å². The van der Waals surface area contributed by atoms with Gasteiger partial charge in [0.05, 0.1) is 12.5 Å². The van der Waals surface area contributed by atoms with E-state index in [1.807, 2.05) is 13.8 Å². The molecule has 2 aliphatic heterocycles. The van der Waals surface area contributed by atoms with Gasteiger partial charge < -0.3 is 15.4 Å². The number of para-hydroxylation sites is 1. The van der Waals surface area contributed by atoms with Crippen LogP contribution in [-0.2, 0) is 9.59 Å². The molecule has 1 saturated heterocycles. The molecular weight excluding hydrogens is 437 g/mol. The van der Waals surface area contributed by atoms with Crippen molar-refractivity contribution in [3.05, 3.63) is 29.8 Å². The number of halogens is 3. The van der Waals surface area contributed by atoms with Gasteiger partial charge in [0.2, 0.25) is 11.8 Å². The van der Waals surface area contributed by atoms with Crippen molar-refractivity contribution in [3.63, 3.8) is 0 Å². The monoisotopic (exact) mass is 466 g/mol. The van der Waals surface area contributed by atoms with Crippen LogP contribution in [0.1, 0.15) is 57.6 Å². The summed E-state index contributed by atoms with van der Waals surface area (Å²) >= 11 is 0. The molecule has 2 heterocycles. The largest absolute Gasteiger partial charge is 0.480 e. The number of rotatable bonds is 6. The number of nitrogens with one attached hydrogen (secondary N) is 3. The second-order valence-corrected chi connectivity index (χ2v) is 9.23. The predicted molar refractivity (Wildman–Crippen MR) is 115 cm³/mol. The molecule has 4 rings (SSSR count). The molecule has 33 heavy (non-hydrogen) atoms. The van der Waals surface area contributed by atoms with E-state index < -0.39 is 29.8 Å². The van der Waals surface area contributed by atoms with Crippen molar-refractivity contribution < 1.29 is 27.5 Å². The molecule has 2 fully saturated rings. The van der Waals surface area contributed by atoms with E-state index in [0.29, 0.717) is 18.4 Å². The number of amides is 2. The summed E-state index contributed by atoms with van der Waals surface area (Å²) in [5, 5.41) is 14.2. The Morgan fingerprint density at radius 3 is 2.61 bits per heavy atom. The van der Waals surface area contributed by atoms with Crippen LogP contribution in [0.5, 0.6) is 5.75 Å². The number of fused-ring (bicyclic) bond motifs is 1. The molecule has 1 aliphatic carbocycles. The van der Waals surface area contributed by atoms with Crippen LogP contribution in [-0.4, -0.2) is 47.0 Å². The van der Waals surface area contributed by atoms with E-state index in [1.54, 1.807) is 18.2 Å². The molecule has 4 atom stereocenters. The zero-order valence-electron chi connectivity index (χ0n) is 18.7. The lowest BCUT2D eigenvalue weighted by molar-refractivity contribution is -0.201. The average molecular weight is 467 g/mol. The number of guanidine groups is 1. The van der Waals surface area contributed by atoms with E-state index in [1.165, 1.54) is 11.0 Å². The Hall–Kier alpha value is -2.78. The number of hydrogen-bond acceptors (Lipinski definition) is 4. The van der Waals surface area contributed by atoms with Gasteiger partial charge in [0.15, 0.2) is 12.1 Å². The van der Waals surface area contributed by atoms with Crippen molar-refractivity contribution >= 4 is 17.8 Å². The van der Waals surface area contributed by atoms with Gasteiger partial charge >= 0.3 is 6.18 Å². The molecule has 0 radical (unpaired) electrons. The minimum Gasteiger partial charge on any atom is -0.480 e. The number of hydrogen-bond donors (Lipinski definition) is 3. The first-order valence-corrected chi connectivity index (χ1v) is 11.4. The summed E-state index contributed by atoms with van der Waals surface area (Å²) in [6.45, 7) is 4.21. The first-order valence-electron chi connectivity index (χ1n) is 11.4. The van der Waals surface area contributed by atoms with Crippen LogP contribution in [0.2, 0.25) is 0 Å². The number of carbonyl (C=O) groups is 2. The topological polar surface area (TPSA) is 94.5 Å². The van der Waals surface area contributed by atoms with Gasteiger partial charge in [0, 0.05) is 30.0 Å². The minimum atomic E-state index is -4.53. The Bertz CT molecular complexity index is 927. The van der Waals surface area contributed by atoms with Gasteiger partial charge in [-0.25, -0.2) is 0 Å². The zero-order valence-corrected chi connectivity index (χ0v) is 18.7. The third kappa shape index (κ3) is 4.65. The molecular formula is C23H29F3N4O3. The normalized spacial score (nSPS) is 28.5. The van der Waals surface area contributed by atoms with Crippen molar-refractivity contribution in [2.75, 3.05) is 6.54 Å². The molecule has 1 aromatic carbocycles. The third-order valence-electron chi connectivity index (χ3n) is 7.17. The van der Waals surface area contributed by atoms with Gasteiger partial charge in [0.1, 0.15) is 5.75 Å². The molecule has 180 valence electrons. The van der Waals surface area contributed by atoms with Crippen molar-refractivity contribution in [1.82, 2.24) is 15.5 Å². The molecule has 0 unspecified atom stereocenters. The highest BCUT2D eigenvalue weighted by Gasteiger charge is 2.50. The van der Waals surface area contributed by atoms with Crippen LogP contribution in [0.25, 0.3) is 0 Å². The van der Waals surface area contributed by atoms with Crippen molar-refractivity contribution in [3.8, 4) is 5.75 Å². The highest BCUT2D eigenvalue weighted by Crippen LogP contribution is 2.43. The van der Waals surface area contributed by atoms with Gasteiger partial charge in [-0.05, 0) is 31.2 Å². The van der Waals surface area contributed by atoms with E-state index in [4.69, 9.17) is 10.1 Å². The number of ether oxygens (including phenoxy) is 1. The summed E-state index contributed by atoms with van der Waals surface area (Å²) in [6, 6.07) is 5.62. The fraction of sp³-hybridized carbons (Fsp3) is 0.609. The van der Waals surface area contributed by atoms with Crippen LogP contribution in [0.4, 0.5) is 13.2 Å². The Morgan fingerprint density at radius 1 is 1.27 bits per heavy atom. The zero-order chi connectivity index (χ0) is 24.0. The second kappa shape index (κ2) is 8.53. The Kier molecular flexibility index (Phi) is 6.05. The maximum absolute atomic E-state index is 13.3. The number of carbonyl (C=O) groups excluding carboxylic acids is 2. The molecule has 2 amide bonds. The van der Waals surface area contributed by atoms with E-state index in [0.717, 1.165) is 12.8 Å². The summed E-state index contributed by atoms with van der Waals surface area (Å²) in [4.78, 5) is 26.9. The lowest BCUT2D eigenvalue weighted by Crippen LogP contribution is -2.62. The molecule has 1 aromatic rings. The third-order valence-corrected chi connectivity index (χ3v) is 7.17. The first-order chi connectivity index (χ1) is 15.6. The average Bonchev–Trinajstić information content (AvgIpc) is 3.55. The molecule has 0 aromatic heterocycles. The maximum atomic E-state index is 13.3. The van der Waals surface area contributed by atoms with Crippen LogP contribution < -0.4 is 15.4 Å². The quantitative estimate of drug-likeness (QED) is 0.598. The van der Waals surface area contributed by atoms with Crippen LogP contribution in [0.15, 0.2) is 24.3 Å². The van der Waals surface area contributed by atoms with Gasteiger partial charge in [-0.3, -0.25) is 19.9 Å². The van der Waals surface area contributed by atoms with E-state index in [9.17, 15) is 22.8 Å². The summed E-state index contributed by atoms with van der Waals surface area (Å²) in [5.41, 5.74) is 0.118. The minimum absolute atomic E-state index is 0.0485. The second-order valence-electron chi connectivity index (χ2n) is 9.23. The van der Waals surface area contributed by atoms with E-state index in [-0.39, 0.29) is 42.4 Å². The summed E-state index contributed by atoms with van der Waals surface area (Å²) in [5.74, 6) is -0.817. The maximum Gasteiger partial charge on any atom is 0.425 e. The standard InChI is InChI=1S/C23H29F3N4O3/c1-3-22(4-2)11-19(31)30(21(27)29-22)12-13-9-15(13)20(32)28-16-10-18(23(24,25)26)33-17-8-6-5-7-14(16)17/h5-8,13,15-16,18H,3-4,9-12H2,1-2H3,(H2,27,29)(H,28,32)/t13-,15+,16+,18-/m0/s1. The lowest BCUT2D eigenvalue weighted by Gasteiger charge is -2.42. The lowest BCUT2D eigenvalue weighted by atomic mass is 9.87. The Morgan fingerprint density at radius 2 is 1.97 bits per heavy atom. The number of nitrogens with zero attached hydrogens (tertiary/aromatic N) is 1. The first kappa shape index (κ1) is 23.4. The number of alkyl halides is 3. The van der Waals surface area contributed by atoms with Crippen LogP contribution >= 0.6 is 0 Å². The fourth-order valence-electron chi connectivity index (χ4n) is 4.78. The molecule has 3 aliphatic rings. The Labute approximate surface area is 190 Å². The summed E-state index contributed by atoms with van der Waals surface area (Å²) < 4.78 is 45.1. The highest BCUT2D eigenvalue weighted by molar-refractivity contribution is 5.99. The highest BCUT2D eigenvalue weighted by atomic mass is 19.4. The van der Waals surface area contributed by atoms with Crippen molar-refractivity contribution in [1.29, 1.82) is 5.41 Å². The molecule has 0 spiro atoms. The van der Waals surface area contributed by atoms with Crippen LogP contribution in [0.3, 0.4) is 0 Å². The van der Waals surface area contributed by atoms with Gasteiger partial charge in [-0.15, -0.1) is 0 Å². The predicted octanol–water partition coefficient (Wildman–Crippen LogP) is 3.51.